The van der Waals surface area contributed by atoms with Crippen molar-refractivity contribution in [2.75, 3.05) is 5.32 Å². The van der Waals surface area contributed by atoms with Crippen molar-refractivity contribution in [2.24, 2.45) is 0 Å². The van der Waals surface area contributed by atoms with E-state index >= 15 is 0 Å². The lowest BCUT2D eigenvalue weighted by atomic mass is 10.1. The number of benzene rings is 2. The van der Waals surface area contributed by atoms with Crippen LogP contribution in [-0.4, -0.2) is 22.9 Å². The molecule has 2 atom stereocenters. The number of ether oxygens (including phenoxy) is 1. The first-order chi connectivity index (χ1) is 14.7. The van der Waals surface area contributed by atoms with Gasteiger partial charge in [0.15, 0.2) is 11.2 Å². The van der Waals surface area contributed by atoms with Gasteiger partial charge in [-0.3, -0.25) is 14.9 Å². The molecule has 162 valence electrons. The highest BCUT2D eigenvalue weighted by Crippen LogP contribution is 2.28. The van der Waals surface area contributed by atoms with E-state index in [4.69, 9.17) is 27.9 Å². The topological polar surface area (TPSA) is 80.3 Å². The Morgan fingerprint density at radius 2 is 1.77 bits per heavy atom. The molecule has 1 aromatic heterocycles. The summed E-state index contributed by atoms with van der Waals surface area (Å²) in [5.41, 5.74) is 2.66. The molecular weight excluding hydrogens is 457 g/mol. The second-order valence-corrected chi connectivity index (χ2v) is 8.58. The van der Waals surface area contributed by atoms with Crippen molar-refractivity contribution >= 4 is 51.5 Å². The molecule has 0 aliphatic rings. The van der Waals surface area contributed by atoms with Crippen LogP contribution < -0.4 is 15.4 Å². The SMILES string of the molecule is CC(=O)N[C@H](C)c1ccc(-c2csc(NC(=O)[C@H](C)Oc3ccc(Cl)c(Cl)c3)n2)cc1. The average Bonchev–Trinajstić information content (AvgIpc) is 3.18. The van der Waals surface area contributed by atoms with Gasteiger partial charge in [-0.25, -0.2) is 4.98 Å². The van der Waals surface area contributed by atoms with Crippen LogP contribution in [0.15, 0.2) is 47.8 Å². The van der Waals surface area contributed by atoms with E-state index in [2.05, 4.69) is 15.6 Å². The molecule has 0 bridgehead atoms. The third-order valence-corrected chi connectivity index (χ3v) is 5.93. The van der Waals surface area contributed by atoms with Crippen molar-refractivity contribution < 1.29 is 14.3 Å². The van der Waals surface area contributed by atoms with Crippen LogP contribution in [0.1, 0.15) is 32.4 Å². The van der Waals surface area contributed by atoms with Crippen molar-refractivity contribution in [2.45, 2.75) is 32.9 Å². The lowest BCUT2D eigenvalue weighted by Gasteiger charge is -2.14. The first-order valence-corrected chi connectivity index (χ1v) is 11.1. The van der Waals surface area contributed by atoms with Gasteiger partial charge >= 0.3 is 0 Å². The summed E-state index contributed by atoms with van der Waals surface area (Å²) in [6.45, 7) is 5.06. The number of carbonyl (C=O) groups is 2. The minimum absolute atomic E-state index is 0.0751. The zero-order valence-electron chi connectivity index (χ0n) is 17.1. The molecule has 0 aliphatic heterocycles. The molecule has 1 heterocycles. The number of hydrogen-bond acceptors (Lipinski definition) is 5. The number of hydrogen-bond donors (Lipinski definition) is 2. The Hall–Kier alpha value is -2.61. The third kappa shape index (κ3) is 6.19. The molecule has 0 unspecified atom stereocenters. The summed E-state index contributed by atoms with van der Waals surface area (Å²) in [5, 5.41) is 8.73. The second-order valence-electron chi connectivity index (χ2n) is 6.91. The minimum Gasteiger partial charge on any atom is -0.481 e. The zero-order chi connectivity index (χ0) is 22.5. The smallest absolute Gasteiger partial charge is 0.266 e. The van der Waals surface area contributed by atoms with Gasteiger partial charge in [0, 0.05) is 23.9 Å². The van der Waals surface area contributed by atoms with Crippen molar-refractivity contribution in [3.63, 3.8) is 0 Å². The molecule has 0 saturated carbocycles. The van der Waals surface area contributed by atoms with Crippen LogP contribution in [0, 0.1) is 0 Å². The van der Waals surface area contributed by atoms with Gasteiger partial charge in [0.2, 0.25) is 5.91 Å². The number of halogens is 2. The highest BCUT2D eigenvalue weighted by molar-refractivity contribution is 7.14. The van der Waals surface area contributed by atoms with Crippen LogP contribution in [0.4, 0.5) is 5.13 Å². The second kappa shape index (κ2) is 10.1. The lowest BCUT2D eigenvalue weighted by molar-refractivity contribution is -0.122. The summed E-state index contributed by atoms with van der Waals surface area (Å²) < 4.78 is 5.63. The van der Waals surface area contributed by atoms with Gasteiger partial charge in [-0.15, -0.1) is 11.3 Å². The van der Waals surface area contributed by atoms with Crippen molar-refractivity contribution in [3.8, 4) is 17.0 Å². The summed E-state index contributed by atoms with van der Waals surface area (Å²) >= 11 is 13.2. The fraction of sp³-hybridized carbons (Fsp3) is 0.227. The maximum atomic E-state index is 12.5. The Morgan fingerprint density at radius 3 is 2.42 bits per heavy atom. The molecule has 6 nitrogen and oxygen atoms in total. The van der Waals surface area contributed by atoms with Gasteiger partial charge in [-0.1, -0.05) is 47.5 Å². The number of anilines is 1. The highest BCUT2D eigenvalue weighted by Gasteiger charge is 2.17. The number of carbonyl (C=O) groups excluding carboxylic acids is 2. The molecular formula is C22H21Cl2N3O3S. The summed E-state index contributed by atoms with van der Waals surface area (Å²) in [6, 6.07) is 12.5. The minimum atomic E-state index is -0.751. The zero-order valence-corrected chi connectivity index (χ0v) is 19.4. The number of thiazole rings is 1. The molecule has 31 heavy (non-hydrogen) atoms. The van der Waals surface area contributed by atoms with E-state index in [1.807, 2.05) is 36.6 Å². The van der Waals surface area contributed by atoms with Crippen LogP contribution in [0.25, 0.3) is 11.3 Å². The summed E-state index contributed by atoms with van der Waals surface area (Å²) in [7, 11) is 0. The Kier molecular flexibility index (Phi) is 7.54. The van der Waals surface area contributed by atoms with Crippen LogP contribution >= 0.6 is 34.5 Å². The molecule has 9 heteroatoms. The fourth-order valence-electron chi connectivity index (χ4n) is 2.81. The van der Waals surface area contributed by atoms with Gasteiger partial charge in [0.25, 0.3) is 5.91 Å². The standard InChI is InChI=1S/C22H21Cl2N3O3S/c1-12(25-14(3)28)15-4-6-16(7-5-15)20-11-31-22(26-20)27-21(29)13(2)30-17-8-9-18(23)19(24)10-17/h4-13H,1-3H3,(H,25,28)(H,26,27,29)/t12-,13+/m1/s1. The van der Waals surface area contributed by atoms with Crippen molar-refractivity contribution in [1.29, 1.82) is 0 Å². The van der Waals surface area contributed by atoms with E-state index in [9.17, 15) is 9.59 Å². The van der Waals surface area contributed by atoms with E-state index < -0.39 is 6.10 Å². The normalized spacial score (nSPS) is 12.7. The van der Waals surface area contributed by atoms with Gasteiger partial charge < -0.3 is 10.1 Å². The van der Waals surface area contributed by atoms with Crippen molar-refractivity contribution in [3.05, 3.63) is 63.5 Å². The molecule has 0 spiro atoms. The quantitative estimate of drug-likeness (QED) is 0.455. The first-order valence-electron chi connectivity index (χ1n) is 9.48. The van der Waals surface area contributed by atoms with E-state index in [0.29, 0.717) is 20.9 Å². The molecule has 0 aliphatic carbocycles. The maximum absolute atomic E-state index is 12.5. The number of amides is 2. The van der Waals surface area contributed by atoms with E-state index in [1.54, 1.807) is 25.1 Å². The van der Waals surface area contributed by atoms with E-state index in [1.165, 1.54) is 18.3 Å². The molecule has 0 fully saturated rings. The molecule has 0 radical (unpaired) electrons. The predicted octanol–water partition coefficient (Wildman–Crippen LogP) is 5.72. The molecule has 2 amide bonds. The molecule has 2 N–H and O–H groups in total. The van der Waals surface area contributed by atoms with Gasteiger partial charge in [0.1, 0.15) is 5.75 Å². The van der Waals surface area contributed by atoms with E-state index in [-0.39, 0.29) is 17.9 Å². The fourth-order valence-corrected chi connectivity index (χ4v) is 3.82. The Bertz CT molecular complexity index is 1090. The number of nitrogens with one attached hydrogen (secondary N) is 2. The maximum Gasteiger partial charge on any atom is 0.266 e. The summed E-state index contributed by atoms with van der Waals surface area (Å²) in [4.78, 5) is 28.2. The summed E-state index contributed by atoms with van der Waals surface area (Å²) in [6.07, 6.45) is -0.751. The molecule has 2 aromatic carbocycles. The largest absolute Gasteiger partial charge is 0.481 e. The van der Waals surface area contributed by atoms with Crippen molar-refractivity contribution in [1.82, 2.24) is 10.3 Å². The number of nitrogens with zero attached hydrogens (tertiary/aromatic N) is 1. The van der Waals surface area contributed by atoms with Crippen LogP contribution in [0.2, 0.25) is 10.0 Å². The third-order valence-electron chi connectivity index (χ3n) is 4.43. The van der Waals surface area contributed by atoms with Crippen LogP contribution in [0.5, 0.6) is 5.75 Å². The number of aromatic nitrogens is 1. The van der Waals surface area contributed by atoms with Crippen LogP contribution in [0.3, 0.4) is 0 Å². The predicted molar refractivity (Wildman–Crippen MR) is 125 cm³/mol. The van der Waals surface area contributed by atoms with E-state index in [0.717, 1.165) is 16.8 Å². The van der Waals surface area contributed by atoms with Gasteiger partial charge in [-0.2, -0.15) is 0 Å². The van der Waals surface area contributed by atoms with Crippen LogP contribution in [-0.2, 0) is 9.59 Å². The first kappa shape index (κ1) is 23.1. The molecule has 3 rings (SSSR count). The van der Waals surface area contributed by atoms with Gasteiger partial charge in [0.05, 0.1) is 21.8 Å². The average molecular weight is 478 g/mol. The Morgan fingerprint density at radius 1 is 1.06 bits per heavy atom. The molecule has 3 aromatic rings. The highest BCUT2D eigenvalue weighted by atomic mass is 35.5. The Balaban J connectivity index is 1.61. The lowest BCUT2D eigenvalue weighted by Crippen LogP contribution is -2.30. The monoisotopic (exact) mass is 477 g/mol. The molecule has 0 saturated heterocycles. The Labute approximate surface area is 194 Å². The van der Waals surface area contributed by atoms with Gasteiger partial charge in [-0.05, 0) is 31.5 Å². The number of rotatable bonds is 7. The summed E-state index contributed by atoms with van der Waals surface area (Å²) in [5.74, 6) is 0.0470.